The summed E-state index contributed by atoms with van der Waals surface area (Å²) in [6, 6.07) is 11.5. The van der Waals surface area contributed by atoms with Crippen LogP contribution in [0.5, 0.6) is 5.75 Å². The number of carbonyl (C=O) groups is 1. The molecule has 0 N–H and O–H groups in total. The number of benzene rings is 2. The number of carbonyl (C=O) groups excluding carboxylic acids is 1. The summed E-state index contributed by atoms with van der Waals surface area (Å²) < 4.78 is 12.3. The maximum absolute atomic E-state index is 13.2. The van der Waals surface area contributed by atoms with E-state index in [2.05, 4.69) is 4.90 Å². The molecule has 0 aliphatic carbocycles. The molecule has 0 spiro atoms. The number of aromatic nitrogens is 1. The summed E-state index contributed by atoms with van der Waals surface area (Å²) in [7, 11) is 0. The number of morpholine rings is 1. The predicted molar refractivity (Wildman–Crippen MR) is 126 cm³/mol. The molecule has 0 saturated carbocycles. The molecule has 164 valence electrons. The quantitative estimate of drug-likeness (QED) is 0.527. The molecule has 0 bridgehead atoms. The Morgan fingerprint density at radius 1 is 1.23 bits per heavy atom. The van der Waals surface area contributed by atoms with Crippen molar-refractivity contribution in [3.8, 4) is 5.75 Å². The van der Waals surface area contributed by atoms with Crippen LogP contribution in [0.15, 0.2) is 36.4 Å². The highest BCUT2D eigenvalue weighted by molar-refractivity contribution is 7.22. The van der Waals surface area contributed by atoms with Crippen molar-refractivity contribution in [1.82, 2.24) is 9.88 Å². The van der Waals surface area contributed by atoms with Gasteiger partial charge >= 0.3 is 0 Å². The summed E-state index contributed by atoms with van der Waals surface area (Å²) >= 11 is 7.71. The molecule has 0 radical (unpaired) electrons. The maximum Gasteiger partial charge on any atom is 0.266 e. The standard InChI is InChI=1S/C23H26ClN3O3S/c1-16-5-3-4-6-19(16)30-15-21(28)27(8-7-26-9-11-29-12-10-26)23-25-22-17(2)13-18(24)14-20(22)31-23/h3-6,13-14H,7-12,15H2,1-2H3. The van der Waals surface area contributed by atoms with Crippen molar-refractivity contribution in [1.29, 1.82) is 0 Å². The number of halogens is 1. The number of fused-ring (bicyclic) bond motifs is 1. The molecule has 0 unspecified atom stereocenters. The van der Waals surface area contributed by atoms with Crippen LogP contribution in [0.4, 0.5) is 5.13 Å². The molecule has 1 aliphatic heterocycles. The van der Waals surface area contributed by atoms with Gasteiger partial charge in [0, 0.05) is 31.2 Å². The summed E-state index contributed by atoms with van der Waals surface area (Å²) in [5, 5.41) is 1.35. The maximum atomic E-state index is 13.2. The molecule has 3 aromatic rings. The topological polar surface area (TPSA) is 54.9 Å². The van der Waals surface area contributed by atoms with E-state index in [1.54, 1.807) is 4.90 Å². The number of amides is 1. The second-order valence-corrected chi connectivity index (χ2v) is 9.06. The Hall–Kier alpha value is -2.19. The minimum atomic E-state index is -0.112. The number of anilines is 1. The molecule has 1 amide bonds. The minimum absolute atomic E-state index is 0.0381. The first-order valence-electron chi connectivity index (χ1n) is 10.4. The van der Waals surface area contributed by atoms with Crippen LogP contribution in [0.25, 0.3) is 10.2 Å². The summed E-state index contributed by atoms with van der Waals surface area (Å²) in [6.07, 6.45) is 0. The number of aryl methyl sites for hydroxylation is 2. The third kappa shape index (κ3) is 5.36. The Bertz CT molecular complexity index is 1070. The van der Waals surface area contributed by atoms with Crippen molar-refractivity contribution in [2.45, 2.75) is 13.8 Å². The van der Waals surface area contributed by atoms with Gasteiger partial charge in [-0.2, -0.15) is 0 Å². The molecular weight excluding hydrogens is 434 g/mol. The third-order valence-corrected chi connectivity index (χ3v) is 6.60. The van der Waals surface area contributed by atoms with Crippen molar-refractivity contribution in [2.24, 2.45) is 0 Å². The Morgan fingerprint density at radius 3 is 2.77 bits per heavy atom. The Labute approximate surface area is 191 Å². The highest BCUT2D eigenvalue weighted by atomic mass is 35.5. The highest BCUT2D eigenvalue weighted by Gasteiger charge is 2.23. The van der Waals surface area contributed by atoms with Gasteiger partial charge in [-0.05, 0) is 43.2 Å². The fraction of sp³-hybridized carbons (Fsp3) is 0.391. The van der Waals surface area contributed by atoms with Crippen LogP contribution in [0.1, 0.15) is 11.1 Å². The molecule has 31 heavy (non-hydrogen) atoms. The second kappa shape index (κ2) is 9.96. The summed E-state index contributed by atoms with van der Waals surface area (Å²) in [4.78, 5) is 22.1. The van der Waals surface area contributed by atoms with E-state index in [1.165, 1.54) is 11.3 Å². The van der Waals surface area contributed by atoms with Crippen molar-refractivity contribution in [2.75, 3.05) is 50.9 Å². The van der Waals surface area contributed by atoms with E-state index in [1.807, 2.05) is 50.2 Å². The minimum Gasteiger partial charge on any atom is -0.483 e. The largest absolute Gasteiger partial charge is 0.483 e. The van der Waals surface area contributed by atoms with E-state index >= 15 is 0 Å². The highest BCUT2D eigenvalue weighted by Crippen LogP contribution is 2.33. The zero-order valence-electron chi connectivity index (χ0n) is 17.8. The van der Waals surface area contributed by atoms with Gasteiger partial charge in [-0.25, -0.2) is 4.98 Å². The number of rotatable bonds is 7. The second-order valence-electron chi connectivity index (χ2n) is 7.62. The van der Waals surface area contributed by atoms with Crippen molar-refractivity contribution in [3.05, 3.63) is 52.5 Å². The first kappa shape index (κ1) is 22.0. The average molecular weight is 460 g/mol. The molecule has 8 heteroatoms. The van der Waals surface area contributed by atoms with Crippen molar-refractivity contribution in [3.63, 3.8) is 0 Å². The first-order chi connectivity index (χ1) is 15.0. The molecule has 2 heterocycles. The zero-order valence-corrected chi connectivity index (χ0v) is 19.3. The summed E-state index contributed by atoms with van der Waals surface area (Å²) in [6.45, 7) is 8.41. The van der Waals surface area contributed by atoms with Gasteiger partial charge < -0.3 is 9.47 Å². The first-order valence-corrected chi connectivity index (χ1v) is 11.6. The van der Waals surface area contributed by atoms with Crippen LogP contribution < -0.4 is 9.64 Å². The fourth-order valence-electron chi connectivity index (χ4n) is 3.59. The lowest BCUT2D eigenvalue weighted by atomic mass is 10.2. The SMILES string of the molecule is Cc1ccccc1OCC(=O)N(CCN1CCOCC1)c1nc2c(C)cc(Cl)cc2s1. The van der Waals surface area contributed by atoms with Crippen LogP contribution in [0, 0.1) is 13.8 Å². The molecule has 1 aromatic heterocycles. The van der Waals surface area contributed by atoms with Gasteiger partial charge in [-0.3, -0.25) is 14.6 Å². The van der Waals surface area contributed by atoms with E-state index in [-0.39, 0.29) is 12.5 Å². The number of ether oxygens (including phenoxy) is 2. The van der Waals surface area contributed by atoms with E-state index < -0.39 is 0 Å². The van der Waals surface area contributed by atoms with Gasteiger partial charge in [0.25, 0.3) is 5.91 Å². The molecule has 1 fully saturated rings. The number of hydrogen-bond donors (Lipinski definition) is 0. The molecular formula is C23H26ClN3O3S. The van der Waals surface area contributed by atoms with Crippen LogP contribution in [0.3, 0.4) is 0 Å². The lowest BCUT2D eigenvalue weighted by molar-refractivity contribution is -0.120. The summed E-state index contributed by atoms with van der Waals surface area (Å²) in [5.74, 6) is 0.607. The lowest BCUT2D eigenvalue weighted by Crippen LogP contribution is -2.44. The van der Waals surface area contributed by atoms with Crippen LogP contribution in [-0.2, 0) is 9.53 Å². The Balaban J connectivity index is 1.55. The van der Waals surface area contributed by atoms with Gasteiger partial charge in [-0.1, -0.05) is 41.1 Å². The van der Waals surface area contributed by atoms with E-state index in [9.17, 15) is 4.79 Å². The third-order valence-electron chi connectivity index (χ3n) is 5.36. The van der Waals surface area contributed by atoms with Gasteiger partial charge in [0.15, 0.2) is 11.7 Å². The van der Waals surface area contributed by atoms with Gasteiger partial charge in [-0.15, -0.1) is 0 Å². The molecule has 0 atom stereocenters. The lowest BCUT2D eigenvalue weighted by Gasteiger charge is -2.29. The molecule has 1 saturated heterocycles. The molecule has 6 nitrogen and oxygen atoms in total. The van der Waals surface area contributed by atoms with Crippen LogP contribution >= 0.6 is 22.9 Å². The Morgan fingerprint density at radius 2 is 2.00 bits per heavy atom. The van der Waals surface area contributed by atoms with Crippen molar-refractivity contribution < 1.29 is 14.3 Å². The number of thiazole rings is 1. The van der Waals surface area contributed by atoms with Crippen molar-refractivity contribution >= 4 is 44.2 Å². The van der Waals surface area contributed by atoms with E-state index in [0.717, 1.165) is 59.9 Å². The number of nitrogens with zero attached hydrogens (tertiary/aromatic N) is 3. The zero-order chi connectivity index (χ0) is 21.8. The molecule has 4 rings (SSSR count). The monoisotopic (exact) mass is 459 g/mol. The average Bonchev–Trinajstić information content (AvgIpc) is 3.18. The number of hydrogen-bond acceptors (Lipinski definition) is 6. The predicted octanol–water partition coefficient (Wildman–Crippen LogP) is 4.31. The fourth-order valence-corrected chi connectivity index (χ4v) is 5.05. The van der Waals surface area contributed by atoms with E-state index in [0.29, 0.717) is 16.7 Å². The smallest absolute Gasteiger partial charge is 0.266 e. The van der Waals surface area contributed by atoms with Gasteiger partial charge in [0.05, 0.1) is 23.4 Å². The van der Waals surface area contributed by atoms with Gasteiger partial charge in [0.2, 0.25) is 0 Å². The van der Waals surface area contributed by atoms with Crippen LogP contribution in [0.2, 0.25) is 5.02 Å². The summed E-state index contributed by atoms with van der Waals surface area (Å²) in [5.41, 5.74) is 2.88. The Kier molecular flexibility index (Phi) is 7.07. The molecule has 1 aliphatic rings. The van der Waals surface area contributed by atoms with Crippen LogP contribution in [-0.4, -0.2) is 61.8 Å². The normalized spacial score (nSPS) is 14.7. The van der Waals surface area contributed by atoms with Gasteiger partial charge in [0.1, 0.15) is 5.75 Å². The number of para-hydroxylation sites is 1. The molecule has 2 aromatic carbocycles. The van der Waals surface area contributed by atoms with E-state index in [4.69, 9.17) is 26.1 Å².